The van der Waals surface area contributed by atoms with Crippen LogP contribution in [0.4, 0.5) is 13.2 Å². The molecule has 1 rings (SSSR count). The van der Waals surface area contributed by atoms with Crippen LogP contribution < -0.4 is 5.32 Å². The van der Waals surface area contributed by atoms with Crippen LogP contribution in [0.1, 0.15) is 12.5 Å². The van der Waals surface area contributed by atoms with Crippen LogP contribution in [0, 0.1) is 17.5 Å². The van der Waals surface area contributed by atoms with E-state index in [1.54, 1.807) is 0 Å². The molecule has 13 heavy (non-hydrogen) atoms. The Morgan fingerprint density at radius 2 is 1.85 bits per heavy atom. The van der Waals surface area contributed by atoms with Crippen molar-refractivity contribution >= 4 is 0 Å². The smallest absolute Gasteiger partial charge is 0.194 e. The summed E-state index contributed by atoms with van der Waals surface area (Å²) in [6, 6.07) is 2.15. The van der Waals surface area contributed by atoms with Gasteiger partial charge in [-0.3, -0.25) is 0 Å². The molecule has 72 valence electrons. The second-order valence-corrected chi connectivity index (χ2v) is 2.61. The van der Waals surface area contributed by atoms with E-state index in [1.165, 1.54) is 6.07 Å². The molecule has 0 atom stereocenters. The first-order valence-electron chi connectivity index (χ1n) is 4.00. The maximum absolute atomic E-state index is 12.9. The van der Waals surface area contributed by atoms with Gasteiger partial charge in [0.05, 0.1) is 0 Å². The topological polar surface area (TPSA) is 12.0 Å². The lowest BCUT2D eigenvalue weighted by Crippen LogP contribution is -2.13. The van der Waals surface area contributed by atoms with Gasteiger partial charge in [-0.1, -0.05) is 13.0 Å². The molecule has 0 saturated carbocycles. The first-order valence-corrected chi connectivity index (χ1v) is 4.00. The van der Waals surface area contributed by atoms with Crippen LogP contribution in [0.25, 0.3) is 0 Å². The van der Waals surface area contributed by atoms with Crippen molar-refractivity contribution in [1.29, 1.82) is 0 Å². The van der Waals surface area contributed by atoms with Gasteiger partial charge in [-0.15, -0.1) is 0 Å². The van der Waals surface area contributed by atoms with Crippen molar-refractivity contribution in [2.75, 3.05) is 6.54 Å². The van der Waals surface area contributed by atoms with Crippen molar-refractivity contribution in [3.05, 3.63) is 35.1 Å². The van der Waals surface area contributed by atoms with Gasteiger partial charge in [-0.25, -0.2) is 13.2 Å². The fourth-order valence-corrected chi connectivity index (χ4v) is 0.962. The van der Waals surface area contributed by atoms with Crippen molar-refractivity contribution in [3.8, 4) is 0 Å². The summed E-state index contributed by atoms with van der Waals surface area (Å²) in [6.07, 6.45) is 0. The van der Waals surface area contributed by atoms with Crippen molar-refractivity contribution in [2.45, 2.75) is 13.5 Å². The lowest BCUT2D eigenvalue weighted by atomic mass is 10.2. The summed E-state index contributed by atoms with van der Waals surface area (Å²) in [5.74, 6) is -3.67. The Bertz CT molecular complexity index is 299. The Balaban J connectivity index is 2.90. The highest BCUT2D eigenvalue weighted by molar-refractivity contribution is 5.20. The molecule has 0 aliphatic heterocycles. The Morgan fingerprint density at radius 1 is 1.15 bits per heavy atom. The summed E-state index contributed by atoms with van der Waals surface area (Å²) < 4.78 is 38.0. The molecular formula is C9H10F3N. The van der Waals surface area contributed by atoms with Gasteiger partial charge in [0.15, 0.2) is 17.5 Å². The Morgan fingerprint density at radius 3 is 2.46 bits per heavy atom. The minimum atomic E-state index is -1.41. The van der Waals surface area contributed by atoms with Crippen LogP contribution in [0.3, 0.4) is 0 Å². The molecule has 0 aliphatic rings. The highest BCUT2D eigenvalue weighted by Gasteiger charge is 2.12. The van der Waals surface area contributed by atoms with E-state index in [-0.39, 0.29) is 12.1 Å². The molecule has 0 fully saturated rings. The Kier molecular flexibility index (Phi) is 3.31. The van der Waals surface area contributed by atoms with Crippen LogP contribution in [-0.4, -0.2) is 6.54 Å². The van der Waals surface area contributed by atoms with E-state index in [0.29, 0.717) is 6.54 Å². The zero-order valence-corrected chi connectivity index (χ0v) is 7.20. The fourth-order valence-electron chi connectivity index (χ4n) is 0.962. The summed E-state index contributed by atoms with van der Waals surface area (Å²) >= 11 is 0. The van der Waals surface area contributed by atoms with E-state index < -0.39 is 17.5 Å². The SMILES string of the molecule is CCNCc1ccc(F)c(F)c1F. The first kappa shape index (κ1) is 10.1. The van der Waals surface area contributed by atoms with Crippen LogP contribution in [0.15, 0.2) is 12.1 Å². The molecule has 0 saturated heterocycles. The van der Waals surface area contributed by atoms with Gasteiger partial charge in [0.2, 0.25) is 0 Å². The van der Waals surface area contributed by atoms with Gasteiger partial charge >= 0.3 is 0 Å². The molecule has 1 aromatic carbocycles. The first-order chi connectivity index (χ1) is 6.16. The predicted molar refractivity (Wildman–Crippen MR) is 43.7 cm³/mol. The molecule has 1 N–H and O–H groups in total. The van der Waals surface area contributed by atoms with Crippen molar-refractivity contribution in [1.82, 2.24) is 5.32 Å². The molecule has 0 heterocycles. The summed E-state index contributed by atoms with van der Waals surface area (Å²) in [4.78, 5) is 0. The molecule has 0 spiro atoms. The number of benzene rings is 1. The lowest BCUT2D eigenvalue weighted by Gasteiger charge is -2.04. The average Bonchev–Trinajstić information content (AvgIpc) is 2.13. The van der Waals surface area contributed by atoms with Crippen LogP contribution >= 0.6 is 0 Å². The molecular weight excluding hydrogens is 179 g/mol. The minimum Gasteiger partial charge on any atom is -0.313 e. The van der Waals surface area contributed by atoms with Crippen LogP contribution in [0.5, 0.6) is 0 Å². The highest BCUT2D eigenvalue weighted by atomic mass is 19.2. The third-order valence-corrected chi connectivity index (χ3v) is 1.68. The zero-order chi connectivity index (χ0) is 9.84. The summed E-state index contributed by atoms with van der Waals surface area (Å²) in [7, 11) is 0. The molecule has 4 heteroatoms. The number of hydrogen-bond donors (Lipinski definition) is 1. The normalized spacial score (nSPS) is 10.5. The Hall–Kier alpha value is -1.03. The zero-order valence-electron chi connectivity index (χ0n) is 7.20. The van der Waals surface area contributed by atoms with E-state index in [1.807, 2.05) is 6.92 Å². The van der Waals surface area contributed by atoms with Crippen molar-refractivity contribution in [2.24, 2.45) is 0 Å². The van der Waals surface area contributed by atoms with E-state index >= 15 is 0 Å². The van der Waals surface area contributed by atoms with Gasteiger partial charge in [0, 0.05) is 12.1 Å². The summed E-state index contributed by atoms with van der Waals surface area (Å²) in [6.45, 7) is 2.70. The second-order valence-electron chi connectivity index (χ2n) is 2.61. The molecule has 0 aromatic heterocycles. The maximum Gasteiger partial charge on any atom is 0.194 e. The van der Waals surface area contributed by atoms with E-state index in [2.05, 4.69) is 5.32 Å². The van der Waals surface area contributed by atoms with Gasteiger partial charge in [0.1, 0.15) is 0 Å². The van der Waals surface area contributed by atoms with Gasteiger partial charge in [0.25, 0.3) is 0 Å². The van der Waals surface area contributed by atoms with Crippen molar-refractivity contribution < 1.29 is 13.2 Å². The highest BCUT2D eigenvalue weighted by Crippen LogP contribution is 2.14. The lowest BCUT2D eigenvalue weighted by molar-refractivity contribution is 0.438. The monoisotopic (exact) mass is 189 g/mol. The maximum atomic E-state index is 12.9. The summed E-state index contributed by atoms with van der Waals surface area (Å²) in [5.41, 5.74) is 0.140. The second kappa shape index (κ2) is 4.28. The number of rotatable bonds is 3. The third-order valence-electron chi connectivity index (χ3n) is 1.68. The van der Waals surface area contributed by atoms with Crippen LogP contribution in [0.2, 0.25) is 0 Å². The largest absolute Gasteiger partial charge is 0.313 e. The van der Waals surface area contributed by atoms with E-state index in [0.717, 1.165) is 6.07 Å². The van der Waals surface area contributed by atoms with Gasteiger partial charge < -0.3 is 5.32 Å². The molecule has 1 aromatic rings. The number of halogens is 3. The van der Waals surface area contributed by atoms with Gasteiger partial charge in [-0.05, 0) is 12.6 Å². The van der Waals surface area contributed by atoms with Gasteiger partial charge in [-0.2, -0.15) is 0 Å². The van der Waals surface area contributed by atoms with Crippen LogP contribution in [-0.2, 0) is 6.54 Å². The minimum absolute atomic E-state index is 0.140. The molecule has 1 nitrogen and oxygen atoms in total. The fraction of sp³-hybridized carbons (Fsp3) is 0.333. The molecule has 0 bridgehead atoms. The molecule has 0 radical (unpaired) electrons. The average molecular weight is 189 g/mol. The number of hydrogen-bond acceptors (Lipinski definition) is 1. The molecule has 0 unspecified atom stereocenters. The number of nitrogens with one attached hydrogen (secondary N) is 1. The molecule has 0 aliphatic carbocycles. The van der Waals surface area contributed by atoms with E-state index in [9.17, 15) is 13.2 Å². The molecule has 0 amide bonds. The quantitative estimate of drug-likeness (QED) is 0.719. The Labute approximate surface area is 74.6 Å². The summed E-state index contributed by atoms with van der Waals surface area (Å²) in [5, 5.41) is 2.82. The third kappa shape index (κ3) is 2.21. The predicted octanol–water partition coefficient (Wildman–Crippen LogP) is 2.21. The van der Waals surface area contributed by atoms with E-state index in [4.69, 9.17) is 0 Å². The standard InChI is InChI=1S/C9H10F3N/c1-2-13-5-6-3-4-7(10)9(12)8(6)11/h3-4,13H,2,5H2,1H3. The van der Waals surface area contributed by atoms with Crippen molar-refractivity contribution in [3.63, 3.8) is 0 Å².